The van der Waals surface area contributed by atoms with E-state index in [-0.39, 0.29) is 11.8 Å². The monoisotopic (exact) mass is 440 g/mol. The number of nitrogens with zero attached hydrogens (tertiary/aromatic N) is 5. The van der Waals surface area contributed by atoms with Gasteiger partial charge in [0.15, 0.2) is 0 Å². The predicted octanol–water partition coefficient (Wildman–Crippen LogP) is 4.30. The summed E-state index contributed by atoms with van der Waals surface area (Å²) in [4.78, 5) is 17.3. The molecule has 3 heterocycles. The minimum Gasteiger partial charge on any atom is -0.494 e. The lowest BCUT2D eigenvalue weighted by molar-refractivity contribution is -0.116. The number of fused-ring (bicyclic) bond motifs is 1. The van der Waals surface area contributed by atoms with E-state index in [9.17, 15) is 4.79 Å². The van der Waals surface area contributed by atoms with Crippen LogP contribution in [0.15, 0.2) is 60.8 Å². The Bertz CT molecular complexity index is 1280. The van der Waals surface area contributed by atoms with E-state index in [2.05, 4.69) is 32.5 Å². The van der Waals surface area contributed by atoms with Crippen molar-refractivity contribution in [3.8, 4) is 23.0 Å². The third kappa shape index (κ3) is 4.07. The van der Waals surface area contributed by atoms with Gasteiger partial charge in [0.2, 0.25) is 5.91 Å². The number of anilines is 1. The second-order valence-corrected chi connectivity index (χ2v) is 7.99. The molecule has 2 aromatic carbocycles. The summed E-state index contributed by atoms with van der Waals surface area (Å²) in [5.41, 5.74) is 4.43. The van der Waals surface area contributed by atoms with Crippen LogP contribution >= 0.6 is 0 Å². The molecule has 8 nitrogen and oxygen atoms in total. The molecule has 1 aliphatic rings. The Balaban J connectivity index is 1.53. The number of nitrogens with one attached hydrogen (secondary N) is 1. The van der Waals surface area contributed by atoms with Crippen LogP contribution in [-0.4, -0.2) is 37.5 Å². The Morgan fingerprint density at radius 2 is 1.91 bits per heavy atom. The van der Waals surface area contributed by atoms with Gasteiger partial charge in [0.25, 0.3) is 5.95 Å². The summed E-state index contributed by atoms with van der Waals surface area (Å²) in [7, 11) is 0. The lowest BCUT2D eigenvalue weighted by Crippen LogP contribution is -2.25. The summed E-state index contributed by atoms with van der Waals surface area (Å²) >= 11 is 0. The highest BCUT2D eigenvalue weighted by Gasteiger charge is 2.33. The van der Waals surface area contributed by atoms with Crippen LogP contribution in [0.1, 0.15) is 42.5 Å². The summed E-state index contributed by atoms with van der Waals surface area (Å²) in [6.45, 7) is 4.69. The molecular formula is C25H24N6O2. The highest BCUT2D eigenvalue weighted by molar-refractivity contribution is 5.95. The molecule has 33 heavy (non-hydrogen) atoms. The molecule has 2 aromatic heterocycles. The van der Waals surface area contributed by atoms with Gasteiger partial charge in [-0.15, -0.1) is 5.10 Å². The van der Waals surface area contributed by atoms with Gasteiger partial charge in [-0.05, 0) is 31.0 Å². The molecule has 0 aliphatic carbocycles. The van der Waals surface area contributed by atoms with E-state index >= 15 is 0 Å². The maximum Gasteiger partial charge on any atom is 0.272 e. The van der Waals surface area contributed by atoms with Gasteiger partial charge in [-0.2, -0.15) is 14.9 Å². The first-order valence-corrected chi connectivity index (χ1v) is 11.0. The van der Waals surface area contributed by atoms with Crippen LogP contribution in [0.5, 0.6) is 5.75 Å². The van der Waals surface area contributed by atoms with E-state index in [4.69, 9.17) is 4.74 Å². The number of rotatable bonds is 6. The number of aryl methyl sites for hydroxylation is 1. The van der Waals surface area contributed by atoms with E-state index in [1.54, 1.807) is 10.9 Å². The zero-order valence-electron chi connectivity index (χ0n) is 18.5. The normalized spacial score (nSPS) is 15.1. The Hall–Kier alpha value is -4.07. The van der Waals surface area contributed by atoms with Crippen LogP contribution in [0.25, 0.3) is 17.2 Å². The van der Waals surface area contributed by atoms with E-state index < -0.39 is 0 Å². The van der Waals surface area contributed by atoms with Gasteiger partial charge in [-0.3, -0.25) is 4.79 Å². The Morgan fingerprint density at radius 3 is 2.67 bits per heavy atom. The van der Waals surface area contributed by atoms with Crippen LogP contribution in [0.2, 0.25) is 0 Å². The van der Waals surface area contributed by atoms with Gasteiger partial charge >= 0.3 is 0 Å². The first-order chi connectivity index (χ1) is 16.1. The van der Waals surface area contributed by atoms with Gasteiger partial charge in [0.1, 0.15) is 11.6 Å². The third-order valence-electron chi connectivity index (χ3n) is 5.66. The fourth-order valence-corrected chi connectivity index (χ4v) is 4.12. The SMILES string of the molecule is CCCOc1ccc([C@H]2CC(=O)Nc3c2c(C)nn3-c2nncc(-c3ccccc3)n2)cc1. The van der Waals surface area contributed by atoms with Crippen molar-refractivity contribution >= 4 is 11.7 Å². The molecule has 1 N–H and O–H groups in total. The van der Waals surface area contributed by atoms with Crippen molar-refractivity contribution in [2.45, 2.75) is 32.6 Å². The van der Waals surface area contributed by atoms with Gasteiger partial charge < -0.3 is 10.1 Å². The molecule has 0 saturated heterocycles. The van der Waals surface area contributed by atoms with Crippen molar-refractivity contribution in [3.63, 3.8) is 0 Å². The largest absolute Gasteiger partial charge is 0.494 e. The van der Waals surface area contributed by atoms with Crippen molar-refractivity contribution in [2.75, 3.05) is 11.9 Å². The third-order valence-corrected chi connectivity index (χ3v) is 5.66. The van der Waals surface area contributed by atoms with Crippen LogP contribution in [-0.2, 0) is 4.79 Å². The topological polar surface area (TPSA) is 94.8 Å². The number of hydrogen-bond donors (Lipinski definition) is 1. The summed E-state index contributed by atoms with van der Waals surface area (Å²) in [6, 6.07) is 17.7. The maximum atomic E-state index is 12.7. The molecule has 8 heteroatoms. The second-order valence-electron chi connectivity index (χ2n) is 7.99. The van der Waals surface area contributed by atoms with Crippen molar-refractivity contribution in [3.05, 3.63) is 77.6 Å². The van der Waals surface area contributed by atoms with Crippen LogP contribution in [0.4, 0.5) is 5.82 Å². The highest BCUT2D eigenvalue weighted by atomic mass is 16.5. The van der Waals surface area contributed by atoms with Crippen LogP contribution in [0, 0.1) is 6.92 Å². The average molecular weight is 441 g/mol. The quantitative estimate of drug-likeness (QED) is 0.480. The first kappa shape index (κ1) is 20.8. The fourth-order valence-electron chi connectivity index (χ4n) is 4.12. The van der Waals surface area contributed by atoms with E-state index in [1.165, 1.54) is 0 Å². The molecule has 0 spiro atoms. The van der Waals surface area contributed by atoms with Crippen molar-refractivity contribution in [2.24, 2.45) is 0 Å². The molecule has 166 valence electrons. The Morgan fingerprint density at radius 1 is 1.12 bits per heavy atom. The smallest absolute Gasteiger partial charge is 0.272 e. The number of carbonyl (C=O) groups is 1. The molecule has 1 atom stereocenters. The van der Waals surface area contributed by atoms with Gasteiger partial charge in [0.05, 0.1) is 24.2 Å². The number of amides is 1. The van der Waals surface area contributed by atoms with E-state index in [1.807, 2.05) is 61.5 Å². The fraction of sp³-hybridized carbons (Fsp3) is 0.240. The molecule has 0 unspecified atom stereocenters. The minimum absolute atomic E-state index is 0.0767. The second kappa shape index (κ2) is 8.82. The summed E-state index contributed by atoms with van der Waals surface area (Å²) in [5.74, 6) is 1.53. The van der Waals surface area contributed by atoms with Gasteiger partial charge in [-0.25, -0.2) is 4.98 Å². The minimum atomic E-state index is -0.118. The average Bonchev–Trinajstić information content (AvgIpc) is 3.19. The first-order valence-electron chi connectivity index (χ1n) is 11.0. The molecule has 0 radical (unpaired) electrons. The Labute approximate surface area is 191 Å². The number of aromatic nitrogens is 5. The van der Waals surface area contributed by atoms with Gasteiger partial charge in [-0.1, -0.05) is 49.4 Å². The van der Waals surface area contributed by atoms with Crippen molar-refractivity contribution < 1.29 is 9.53 Å². The molecule has 5 rings (SSSR count). The number of ether oxygens (including phenoxy) is 1. The molecule has 0 bridgehead atoms. The molecular weight excluding hydrogens is 416 g/mol. The predicted molar refractivity (Wildman–Crippen MR) is 124 cm³/mol. The zero-order valence-corrected chi connectivity index (χ0v) is 18.5. The zero-order chi connectivity index (χ0) is 22.8. The summed E-state index contributed by atoms with van der Waals surface area (Å²) in [6.07, 6.45) is 2.91. The summed E-state index contributed by atoms with van der Waals surface area (Å²) < 4.78 is 7.28. The van der Waals surface area contributed by atoms with Gasteiger partial charge in [0, 0.05) is 23.5 Å². The maximum absolute atomic E-state index is 12.7. The van der Waals surface area contributed by atoms with Crippen LogP contribution in [0.3, 0.4) is 0 Å². The van der Waals surface area contributed by atoms with Crippen molar-refractivity contribution in [1.82, 2.24) is 25.0 Å². The van der Waals surface area contributed by atoms with Crippen molar-refractivity contribution in [1.29, 1.82) is 0 Å². The number of carbonyl (C=O) groups excluding carboxylic acids is 1. The lowest BCUT2D eigenvalue weighted by atomic mass is 9.86. The molecule has 0 saturated carbocycles. The number of benzene rings is 2. The van der Waals surface area contributed by atoms with E-state index in [0.29, 0.717) is 30.5 Å². The lowest BCUT2D eigenvalue weighted by Gasteiger charge is -2.24. The number of hydrogen-bond acceptors (Lipinski definition) is 6. The van der Waals surface area contributed by atoms with Crippen LogP contribution < -0.4 is 10.1 Å². The Kier molecular flexibility index (Phi) is 5.56. The van der Waals surface area contributed by atoms with E-state index in [0.717, 1.165) is 34.6 Å². The summed E-state index contributed by atoms with van der Waals surface area (Å²) in [5, 5.41) is 16.0. The molecule has 1 aliphatic heterocycles. The molecule has 0 fully saturated rings. The highest BCUT2D eigenvalue weighted by Crippen LogP contribution is 2.40. The molecule has 1 amide bonds. The molecule has 4 aromatic rings. The standard InChI is InChI=1S/C25H24N6O2/c1-3-13-33-19-11-9-17(10-12-19)20-14-22(32)28-24-23(20)16(2)30-31(24)25-27-21(15-26-29-25)18-7-5-4-6-8-18/h4-12,15,20H,3,13-14H2,1-2H3,(H,28,32)/t20-/m1/s1.